The van der Waals surface area contributed by atoms with Gasteiger partial charge in [0.2, 0.25) is 0 Å². The minimum absolute atomic E-state index is 0.403. The molecule has 0 aliphatic rings. The normalized spacial score (nSPS) is 10.2. The highest BCUT2D eigenvalue weighted by Gasteiger charge is 2.14. The predicted octanol–water partition coefficient (Wildman–Crippen LogP) is 2.13. The number of nitrogens with one attached hydrogen (secondary N) is 1. The Bertz CT molecular complexity index is 621. The first-order valence-corrected chi connectivity index (χ1v) is 6.21. The summed E-state index contributed by atoms with van der Waals surface area (Å²) in [5, 5.41) is 16.5. The van der Waals surface area contributed by atoms with Crippen LogP contribution in [0.3, 0.4) is 0 Å². The summed E-state index contributed by atoms with van der Waals surface area (Å²) in [6.45, 7) is 5.26. The van der Waals surface area contributed by atoms with Gasteiger partial charge in [0.1, 0.15) is 17.5 Å². The number of aryl methyl sites for hydroxylation is 1. The van der Waals surface area contributed by atoms with Crippen molar-refractivity contribution in [3.8, 4) is 6.07 Å². The second kappa shape index (κ2) is 5.44. The number of nitrogens with two attached hydrogens (primary N) is 1. The summed E-state index contributed by atoms with van der Waals surface area (Å²) in [6, 6.07) is 10.2. The van der Waals surface area contributed by atoms with Crippen molar-refractivity contribution >= 4 is 11.6 Å². The molecule has 3 N–H and O–H groups in total. The average molecular weight is 255 g/mol. The first-order chi connectivity index (χ1) is 9.15. The molecule has 2 rings (SSSR count). The molecule has 5 heteroatoms. The van der Waals surface area contributed by atoms with E-state index in [1.807, 2.05) is 32.0 Å². The van der Waals surface area contributed by atoms with Gasteiger partial charge < -0.3 is 11.1 Å². The second-order valence-corrected chi connectivity index (χ2v) is 4.40. The third-order valence-corrected chi connectivity index (χ3v) is 2.86. The average Bonchev–Trinajstić information content (AvgIpc) is 2.66. The van der Waals surface area contributed by atoms with Crippen LogP contribution in [0.25, 0.3) is 0 Å². The molecule has 0 amide bonds. The van der Waals surface area contributed by atoms with Crippen LogP contribution in [0.5, 0.6) is 0 Å². The maximum Gasteiger partial charge on any atom is 0.168 e. The molecule has 0 saturated carbocycles. The van der Waals surface area contributed by atoms with Gasteiger partial charge in [-0.3, -0.25) is 0 Å². The van der Waals surface area contributed by atoms with Crippen molar-refractivity contribution in [3.05, 3.63) is 41.0 Å². The molecule has 0 aliphatic heterocycles. The van der Waals surface area contributed by atoms with Gasteiger partial charge in [0.05, 0.1) is 6.54 Å². The van der Waals surface area contributed by atoms with E-state index in [0.717, 1.165) is 5.56 Å². The number of aromatic nitrogens is 2. The molecule has 0 bridgehead atoms. The van der Waals surface area contributed by atoms with Crippen molar-refractivity contribution in [1.82, 2.24) is 9.78 Å². The van der Waals surface area contributed by atoms with Crippen LogP contribution < -0.4 is 11.1 Å². The largest absolute Gasteiger partial charge is 0.383 e. The Morgan fingerprint density at radius 1 is 1.47 bits per heavy atom. The number of rotatable bonds is 4. The standard InChI is InChI=1S/C14H17N5/c1-3-17-14-12(8-15)13(16)19(18-14)9-11-6-4-5-10(2)7-11/h4-7H,3,9,16H2,1-2H3,(H,17,18). The van der Waals surface area contributed by atoms with Crippen molar-refractivity contribution in [2.45, 2.75) is 20.4 Å². The van der Waals surface area contributed by atoms with E-state index >= 15 is 0 Å². The third kappa shape index (κ3) is 2.68. The van der Waals surface area contributed by atoms with Gasteiger partial charge in [-0.2, -0.15) is 10.4 Å². The summed E-state index contributed by atoms with van der Waals surface area (Å²) in [5.41, 5.74) is 8.68. The fourth-order valence-electron chi connectivity index (χ4n) is 1.98. The monoisotopic (exact) mass is 255 g/mol. The Kier molecular flexibility index (Phi) is 3.71. The molecule has 0 aliphatic carbocycles. The summed E-state index contributed by atoms with van der Waals surface area (Å²) >= 11 is 0. The molecule has 0 fully saturated rings. The zero-order valence-electron chi connectivity index (χ0n) is 11.1. The van der Waals surface area contributed by atoms with Gasteiger partial charge in [-0.15, -0.1) is 0 Å². The van der Waals surface area contributed by atoms with E-state index in [9.17, 15) is 0 Å². The van der Waals surface area contributed by atoms with E-state index in [1.165, 1.54) is 5.56 Å². The van der Waals surface area contributed by atoms with Crippen molar-refractivity contribution in [2.24, 2.45) is 0 Å². The third-order valence-electron chi connectivity index (χ3n) is 2.86. The van der Waals surface area contributed by atoms with Gasteiger partial charge in [0.25, 0.3) is 0 Å². The van der Waals surface area contributed by atoms with Crippen LogP contribution in [-0.4, -0.2) is 16.3 Å². The number of nitrogen functional groups attached to an aromatic ring is 1. The predicted molar refractivity (Wildman–Crippen MR) is 75.8 cm³/mol. The molecule has 1 aromatic heterocycles. The van der Waals surface area contributed by atoms with Crippen LogP contribution in [-0.2, 0) is 6.54 Å². The van der Waals surface area contributed by atoms with Crippen molar-refractivity contribution < 1.29 is 0 Å². The summed E-state index contributed by atoms with van der Waals surface area (Å²) in [6.07, 6.45) is 0. The van der Waals surface area contributed by atoms with Crippen molar-refractivity contribution in [3.63, 3.8) is 0 Å². The quantitative estimate of drug-likeness (QED) is 0.877. The summed E-state index contributed by atoms with van der Waals surface area (Å²) in [5.74, 6) is 0.954. The minimum Gasteiger partial charge on any atom is -0.383 e. The lowest BCUT2D eigenvalue weighted by Gasteiger charge is -2.05. The van der Waals surface area contributed by atoms with Crippen molar-refractivity contribution in [1.29, 1.82) is 5.26 Å². The SMILES string of the molecule is CCNc1nn(Cc2cccc(C)c2)c(N)c1C#N. The zero-order valence-corrected chi connectivity index (χ0v) is 11.1. The van der Waals surface area contributed by atoms with Gasteiger partial charge in [-0.05, 0) is 19.4 Å². The number of hydrogen-bond donors (Lipinski definition) is 2. The highest BCUT2D eigenvalue weighted by molar-refractivity contribution is 5.63. The first-order valence-electron chi connectivity index (χ1n) is 6.21. The molecular weight excluding hydrogens is 238 g/mol. The maximum atomic E-state index is 9.13. The fraction of sp³-hybridized carbons (Fsp3) is 0.286. The van der Waals surface area contributed by atoms with Gasteiger partial charge in [0.15, 0.2) is 5.82 Å². The molecular formula is C14H17N5. The van der Waals surface area contributed by atoms with E-state index in [4.69, 9.17) is 11.0 Å². The van der Waals surface area contributed by atoms with Gasteiger partial charge >= 0.3 is 0 Å². The number of hydrogen-bond acceptors (Lipinski definition) is 4. The maximum absolute atomic E-state index is 9.13. The molecule has 19 heavy (non-hydrogen) atoms. The zero-order chi connectivity index (χ0) is 13.8. The number of nitrogens with zero attached hydrogens (tertiary/aromatic N) is 3. The van der Waals surface area contributed by atoms with Gasteiger partial charge in [0, 0.05) is 6.54 Å². The Hall–Kier alpha value is -2.48. The van der Waals surface area contributed by atoms with Crippen LogP contribution in [0.15, 0.2) is 24.3 Å². The molecule has 1 heterocycles. The number of nitriles is 1. The molecule has 0 radical (unpaired) electrons. The number of benzene rings is 1. The van der Waals surface area contributed by atoms with Crippen LogP contribution in [0, 0.1) is 18.3 Å². The van der Waals surface area contributed by atoms with Crippen LogP contribution in [0.4, 0.5) is 11.6 Å². The van der Waals surface area contributed by atoms with Crippen LogP contribution >= 0.6 is 0 Å². The van der Waals surface area contributed by atoms with E-state index in [2.05, 4.69) is 22.6 Å². The van der Waals surface area contributed by atoms with Crippen molar-refractivity contribution in [2.75, 3.05) is 17.6 Å². The Labute approximate surface area is 112 Å². The lowest BCUT2D eigenvalue weighted by Crippen LogP contribution is -2.06. The Morgan fingerprint density at radius 2 is 2.26 bits per heavy atom. The Morgan fingerprint density at radius 3 is 2.89 bits per heavy atom. The van der Waals surface area contributed by atoms with Crippen LogP contribution in [0.2, 0.25) is 0 Å². The first kappa shape index (κ1) is 13.0. The molecule has 0 atom stereocenters. The summed E-state index contributed by atoms with van der Waals surface area (Å²) in [4.78, 5) is 0. The van der Waals surface area contributed by atoms with E-state index in [0.29, 0.717) is 30.3 Å². The number of anilines is 2. The summed E-state index contributed by atoms with van der Waals surface area (Å²) in [7, 11) is 0. The van der Waals surface area contributed by atoms with E-state index < -0.39 is 0 Å². The molecule has 5 nitrogen and oxygen atoms in total. The highest BCUT2D eigenvalue weighted by atomic mass is 15.3. The van der Waals surface area contributed by atoms with Gasteiger partial charge in [-0.1, -0.05) is 29.8 Å². The molecule has 1 aromatic carbocycles. The molecule has 98 valence electrons. The topological polar surface area (TPSA) is 79.7 Å². The van der Waals surface area contributed by atoms with E-state index in [-0.39, 0.29) is 0 Å². The fourth-order valence-corrected chi connectivity index (χ4v) is 1.98. The highest BCUT2D eigenvalue weighted by Crippen LogP contribution is 2.21. The lowest BCUT2D eigenvalue weighted by atomic mass is 10.1. The molecule has 0 spiro atoms. The van der Waals surface area contributed by atoms with E-state index in [1.54, 1.807) is 4.68 Å². The lowest BCUT2D eigenvalue weighted by molar-refractivity contribution is 0.698. The van der Waals surface area contributed by atoms with Crippen LogP contribution in [0.1, 0.15) is 23.6 Å². The molecule has 2 aromatic rings. The Balaban J connectivity index is 2.33. The smallest absolute Gasteiger partial charge is 0.168 e. The second-order valence-electron chi connectivity index (χ2n) is 4.40. The summed E-state index contributed by atoms with van der Waals surface area (Å²) < 4.78 is 1.66. The molecule has 0 saturated heterocycles. The minimum atomic E-state index is 0.403. The molecule has 0 unspecified atom stereocenters. The van der Waals surface area contributed by atoms with Gasteiger partial charge in [-0.25, -0.2) is 4.68 Å².